The van der Waals surface area contributed by atoms with Crippen LogP contribution in [0.15, 0.2) is 27.2 Å². The summed E-state index contributed by atoms with van der Waals surface area (Å²) in [5.74, 6) is 0.609. The summed E-state index contributed by atoms with van der Waals surface area (Å²) in [5.41, 5.74) is 7.90. The van der Waals surface area contributed by atoms with Gasteiger partial charge in [-0.1, -0.05) is 5.16 Å². The Hall–Kier alpha value is -1.89. The fourth-order valence-corrected chi connectivity index (χ4v) is 2.28. The van der Waals surface area contributed by atoms with E-state index in [4.69, 9.17) is 10.3 Å². The molecule has 1 aromatic carbocycles. The van der Waals surface area contributed by atoms with Crippen LogP contribution in [0.1, 0.15) is 11.5 Å². The van der Waals surface area contributed by atoms with Gasteiger partial charge in [-0.05, 0) is 28.9 Å². The van der Waals surface area contributed by atoms with E-state index in [9.17, 15) is 4.39 Å². The molecule has 0 unspecified atom stereocenters. The van der Waals surface area contributed by atoms with Crippen LogP contribution in [0.4, 0.5) is 10.3 Å². The summed E-state index contributed by atoms with van der Waals surface area (Å²) in [6, 6.07) is 4.82. The molecule has 0 aliphatic carbocycles. The highest BCUT2D eigenvalue weighted by Gasteiger charge is 2.13. The van der Waals surface area contributed by atoms with E-state index in [1.165, 1.54) is 6.07 Å². The summed E-state index contributed by atoms with van der Waals surface area (Å²) in [7, 11) is 0. The molecule has 2 aromatic heterocycles. The average molecular weight is 325 g/mol. The van der Waals surface area contributed by atoms with Crippen molar-refractivity contribution in [1.29, 1.82) is 0 Å². The second-order valence-electron chi connectivity index (χ2n) is 4.25. The molecule has 0 aliphatic rings. The van der Waals surface area contributed by atoms with Crippen LogP contribution in [0, 0.1) is 12.7 Å². The molecular weight excluding hydrogens is 315 g/mol. The maximum Gasteiger partial charge on any atom is 0.201 e. The van der Waals surface area contributed by atoms with Crippen LogP contribution in [-0.4, -0.2) is 14.7 Å². The molecule has 5 nitrogen and oxygen atoms in total. The van der Waals surface area contributed by atoms with Crippen molar-refractivity contribution in [3.05, 3.63) is 39.9 Å². The summed E-state index contributed by atoms with van der Waals surface area (Å²) in [6.07, 6.45) is 0. The number of aryl methyl sites for hydroxylation is 1. The minimum absolute atomic E-state index is 0.307. The van der Waals surface area contributed by atoms with E-state index in [0.29, 0.717) is 28.2 Å². The fraction of sp³-hybridized carbons (Fsp3) is 0.167. The number of benzene rings is 1. The summed E-state index contributed by atoms with van der Waals surface area (Å²) in [5, 5.41) is 3.82. The van der Waals surface area contributed by atoms with Gasteiger partial charge in [-0.3, -0.25) is 0 Å². The molecule has 3 rings (SSSR count). The first-order valence-corrected chi connectivity index (χ1v) is 6.37. The number of fused-ring (bicyclic) bond motifs is 1. The second-order valence-corrected chi connectivity index (χ2v) is 5.10. The number of rotatable bonds is 2. The molecule has 0 radical (unpaired) electrons. The molecule has 0 bridgehead atoms. The Bertz CT molecular complexity index is 765. The minimum atomic E-state index is -0.368. The summed E-state index contributed by atoms with van der Waals surface area (Å²) in [6.45, 7) is 2.25. The molecule has 0 atom stereocenters. The minimum Gasteiger partial charge on any atom is -0.369 e. The third-order valence-corrected chi connectivity index (χ3v) is 3.42. The van der Waals surface area contributed by atoms with E-state index in [1.807, 2.05) is 13.0 Å². The topological polar surface area (TPSA) is 69.9 Å². The molecule has 0 saturated carbocycles. The number of halogens is 2. The molecule has 0 aliphatic heterocycles. The Labute approximate surface area is 116 Å². The molecule has 98 valence electrons. The number of anilines is 1. The lowest BCUT2D eigenvalue weighted by atomic mass is 10.3. The Kier molecular flexibility index (Phi) is 2.78. The third kappa shape index (κ3) is 2.10. The number of nitrogens with two attached hydrogens (primary N) is 1. The number of hydrogen-bond acceptors (Lipinski definition) is 4. The SMILES string of the molecule is Cc1cc(Cn2c(N)nc3cc(F)c(Br)cc32)on1. The van der Waals surface area contributed by atoms with Crippen molar-refractivity contribution in [2.24, 2.45) is 0 Å². The Balaban J connectivity index is 2.12. The number of hydrogen-bond donors (Lipinski definition) is 1. The van der Waals surface area contributed by atoms with Crippen LogP contribution < -0.4 is 5.73 Å². The second kappa shape index (κ2) is 4.34. The van der Waals surface area contributed by atoms with Gasteiger partial charge in [-0.2, -0.15) is 0 Å². The first-order chi connectivity index (χ1) is 9.04. The highest BCUT2D eigenvalue weighted by Crippen LogP contribution is 2.25. The number of nitrogen functional groups attached to an aromatic ring is 1. The van der Waals surface area contributed by atoms with Crippen LogP contribution in [0.5, 0.6) is 0 Å². The van der Waals surface area contributed by atoms with Gasteiger partial charge in [-0.15, -0.1) is 0 Å². The van der Waals surface area contributed by atoms with E-state index in [0.717, 1.165) is 11.2 Å². The molecule has 0 fully saturated rings. The van der Waals surface area contributed by atoms with Crippen molar-refractivity contribution in [1.82, 2.24) is 14.7 Å². The summed E-state index contributed by atoms with van der Waals surface area (Å²) < 4.78 is 20.7. The first-order valence-electron chi connectivity index (χ1n) is 5.57. The van der Waals surface area contributed by atoms with Crippen LogP contribution in [0.3, 0.4) is 0 Å². The van der Waals surface area contributed by atoms with Gasteiger partial charge in [0.1, 0.15) is 5.82 Å². The average Bonchev–Trinajstić information content (AvgIpc) is 2.87. The van der Waals surface area contributed by atoms with Crippen LogP contribution in [0.25, 0.3) is 11.0 Å². The van der Waals surface area contributed by atoms with Gasteiger partial charge in [0.25, 0.3) is 0 Å². The molecule has 7 heteroatoms. The van der Waals surface area contributed by atoms with Crippen molar-refractivity contribution >= 4 is 32.9 Å². The zero-order valence-corrected chi connectivity index (χ0v) is 11.6. The summed E-state index contributed by atoms with van der Waals surface area (Å²) in [4.78, 5) is 4.14. The van der Waals surface area contributed by atoms with Crippen molar-refractivity contribution in [3.63, 3.8) is 0 Å². The van der Waals surface area contributed by atoms with Crippen molar-refractivity contribution in [2.45, 2.75) is 13.5 Å². The van der Waals surface area contributed by atoms with Gasteiger partial charge in [0.15, 0.2) is 5.76 Å². The van der Waals surface area contributed by atoms with E-state index < -0.39 is 0 Å². The van der Waals surface area contributed by atoms with E-state index in [2.05, 4.69) is 26.1 Å². The molecular formula is C12H10BrFN4O. The maximum atomic E-state index is 13.5. The number of nitrogens with zero attached hydrogens (tertiary/aromatic N) is 3. The van der Waals surface area contributed by atoms with Gasteiger partial charge in [0, 0.05) is 12.1 Å². The molecule has 0 amide bonds. The monoisotopic (exact) mass is 324 g/mol. The standard InChI is InChI=1S/C12H10BrFN4O/c1-6-2-7(19-17-6)5-18-11-3-8(13)9(14)4-10(11)16-12(18)15/h2-4H,5H2,1H3,(H2,15,16). The molecule has 19 heavy (non-hydrogen) atoms. The molecule has 2 N–H and O–H groups in total. The Morgan fingerprint density at radius 1 is 1.42 bits per heavy atom. The van der Waals surface area contributed by atoms with Crippen LogP contribution in [0.2, 0.25) is 0 Å². The van der Waals surface area contributed by atoms with Crippen molar-refractivity contribution in [3.8, 4) is 0 Å². The van der Waals surface area contributed by atoms with Crippen molar-refractivity contribution < 1.29 is 8.91 Å². The zero-order chi connectivity index (χ0) is 13.6. The van der Waals surface area contributed by atoms with Crippen molar-refractivity contribution in [2.75, 3.05) is 5.73 Å². The predicted molar refractivity (Wildman–Crippen MR) is 72.1 cm³/mol. The van der Waals surface area contributed by atoms with Gasteiger partial charge in [0.05, 0.1) is 27.7 Å². The molecule has 0 saturated heterocycles. The van der Waals surface area contributed by atoms with E-state index in [-0.39, 0.29) is 5.82 Å². The van der Waals surface area contributed by atoms with Gasteiger partial charge >= 0.3 is 0 Å². The molecule has 3 aromatic rings. The zero-order valence-electron chi connectivity index (χ0n) is 10.0. The number of aromatic nitrogens is 3. The highest BCUT2D eigenvalue weighted by atomic mass is 79.9. The van der Waals surface area contributed by atoms with Gasteiger partial charge in [0.2, 0.25) is 5.95 Å². The Morgan fingerprint density at radius 3 is 2.89 bits per heavy atom. The smallest absolute Gasteiger partial charge is 0.201 e. The van der Waals surface area contributed by atoms with E-state index in [1.54, 1.807) is 10.6 Å². The lowest BCUT2D eigenvalue weighted by molar-refractivity contribution is 0.374. The van der Waals surface area contributed by atoms with Gasteiger partial charge < -0.3 is 14.8 Å². The van der Waals surface area contributed by atoms with Crippen LogP contribution >= 0.6 is 15.9 Å². The third-order valence-electron chi connectivity index (χ3n) is 2.81. The fourth-order valence-electron chi connectivity index (χ4n) is 1.95. The largest absolute Gasteiger partial charge is 0.369 e. The van der Waals surface area contributed by atoms with E-state index >= 15 is 0 Å². The highest BCUT2D eigenvalue weighted by molar-refractivity contribution is 9.10. The summed E-state index contributed by atoms with van der Waals surface area (Å²) >= 11 is 3.16. The quantitative estimate of drug-likeness (QED) is 0.786. The lowest BCUT2D eigenvalue weighted by Crippen LogP contribution is -2.03. The lowest BCUT2D eigenvalue weighted by Gasteiger charge is -2.03. The maximum absolute atomic E-state index is 13.5. The Morgan fingerprint density at radius 2 is 2.21 bits per heavy atom. The predicted octanol–water partition coefficient (Wildman–Crippen LogP) is 2.86. The first kappa shape index (κ1) is 12.2. The van der Waals surface area contributed by atoms with Gasteiger partial charge in [-0.25, -0.2) is 9.37 Å². The normalized spacial score (nSPS) is 11.3. The van der Waals surface area contributed by atoms with Crippen LogP contribution in [-0.2, 0) is 6.54 Å². The molecule has 0 spiro atoms. The number of imidazole rings is 1. The molecule has 2 heterocycles.